The van der Waals surface area contributed by atoms with Gasteiger partial charge in [0.05, 0.1) is 19.8 Å². The van der Waals surface area contributed by atoms with Crippen molar-refractivity contribution in [3.8, 4) is 0 Å². The van der Waals surface area contributed by atoms with Crippen molar-refractivity contribution in [1.29, 1.82) is 0 Å². The number of esters is 1. The molecular formula is C20H35BrO8. The van der Waals surface area contributed by atoms with E-state index < -0.39 is 11.9 Å². The van der Waals surface area contributed by atoms with E-state index in [1.54, 1.807) is 6.92 Å². The number of alkyl halides is 1. The summed E-state index contributed by atoms with van der Waals surface area (Å²) in [6, 6.07) is 0. The van der Waals surface area contributed by atoms with E-state index in [2.05, 4.69) is 35.7 Å². The summed E-state index contributed by atoms with van der Waals surface area (Å²) in [4.78, 5) is 30.1. The van der Waals surface area contributed by atoms with Gasteiger partial charge in [-0.25, -0.2) is 14.4 Å². The lowest BCUT2D eigenvalue weighted by Crippen LogP contribution is -2.05. The van der Waals surface area contributed by atoms with Crippen molar-refractivity contribution >= 4 is 33.8 Å². The van der Waals surface area contributed by atoms with Gasteiger partial charge in [-0.05, 0) is 33.6 Å². The second kappa shape index (κ2) is 26.0. The van der Waals surface area contributed by atoms with E-state index in [0.717, 1.165) is 18.2 Å². The maximum atomic E-state index is 10.9. The van der Waals surface area contributed by atoms with Gasteiger partial charge in [-0.2, -0.15) is 0 Å². The number of carbonyl (C=O) groups is 3. The molecule has 29 heavy (non-hydrogen) atoms. The average Bonchev–Trinajstić information content (AvgIpc) is 2.65. The highest BCUT2D eigenvalue weighted by Crippen LogP contribution is 2.03. The van der Waals surface area contributed by atoms with Crippen LogP contribution in [0.1, 0.15) is 46.5 Å². The Morgan fingerprint density at radius 1 is 0.759 bits per heavy atom. The summed E-state index contributed by atoms with van der Waals surface area (Å²) in [5.41, 5.74) is 0.824. The molecule has 0 bridgehead atoms. The smallest absolute Gasteiger partial charge is 0.333 e. The van der Waals surface area contributed by atoms with Crippen molar-refractivity contribution in [2.75, 3.05) is 25.2 Å². The van der Waals surface area contributed by atoms with Crippen LogP contribution in [0.3, 0.4) is 0 Å². The lowest BCUT2D eigenvalue weighted by atomic mass is 10.2. The van der Waals surface area contributed by atoms with Crippen LogP contribution in [0.5, 0.6) is 0 Å². The molecule has 0 rings (SSSR count). The number of hydrogen-bond donors (Lipinski definition) is 4. The van der Waals surface area contributed by atoms with Crippen molar-refractivity contribution in [2.24, 2.45) is 0 Å². The van der Waals surface area contributed by atoms with Crippen LogP contribution in [0.25, 0.3) is 0 Å². The molecule has 0 radical (unpaired) electrons. The van der Waals surface area contributed by atoms with E-state index >= 15 is 0 Å². The van der Waals surface area contributed by atoms with E-state index in [4.69, 9.17) is 25.2 Å². The number of unbranched alkanes of at least 4 members (excludes halogenated alkanes) is 3. The Morgan fingerprint density at radius 3 is 1.34 bits per heavy atom. The molecule has 0 amide bonds. The predicted molar refractivity (Wildman–Crippen MR) is 117 cm³/mol. The minimum Gasteiger partial charge on any atom is -0.478 e. The molecule has 4 N–H and O–H groups in total. The number of aliphatic hydroxyl groups excluding tert-OH is 2. The molecule has 0 fully saturated rings. The first-order valence-corrected chi connectivity index (χ1v) is 9.88. The molecule has 0 aliphatic heterocycles. The molecular weight excluding hydrogens is 448 g/mol. The largest absolute Gasteiger partial charge is 0.478 e. The van der Waals surface area contributed by atoms with Crippen LogP contribution in [0, 0.1) is 0 Å². The summed E-state index contributed by atoms with van der Waals surface area (Å²) in [6.45, 7) is 14.6. The van der Waals surface area contributed by atoms with E-state index in [0.29, 0.717) is 12.2 Å². The maximum absolute atomic E-state index is 10.9. The zero-order valence-corrected chi connectivity index (χ0v) is 19.2. The lowest BCUT2D eigenvalue weighted by Gasteiger charge is -2.03. The summed E-state index contributed by atoms with van der Waals surface area (Å²) in [5.74, 6) is -2.15. The van der Waals surface area contributed by atoms with Crippen LogP contribution >= 0.6 is 15.9 Å². The van der Waals surface area contributed by atoms with Crippen molar-refractivity contribution < 1.29 is 39.5 Å². The van der Waals surface area contributed by atoms with E-state index in [-0.39, 0.29) is 30.3 Å². The zero-order valence-electron chi connectivity index (χ0n) is 17.6. The minimum absolute atomic E-state index is 0.125. The Bertz CT molecular complexity index is 451. The van der Waals surface area contributed by atoms with E-state index in [1.165, 1.54) is 26.7 Å². The first-order chi connectivity index (χ1) is 13.4. The Kier molecular flexibility index (Phi) is 31.0. The Morgan fingerprint density at radius 2 is 1.10 bits per heavy atom. The quantitative estimate of drug-likeness (QED) is 0.161. The van der Waals surface area contributed by atoms with Gasteiger partial charge in [0, 0.05) is 22.0 Å². The SMILES string of the molecule is C=C(C)C(=O)O.C=C(C)C(=O)O.C=C(C)C(=O)OCCCCCCBr.OCCO. The molecule has 9 heteroatoms. The van der Waals surface area contributed by atoms with Crippen molar-refractivity contribution in [3.05, 3.63) is 36.5 Å². The number of ether oxygens (including phenoxy) is 1. The van der Waals surface area contributed by atoms with Crippen LogP contribution in [0.15, 0.2) is 36.5 Å². The molecule has 0 atom stereocenters. The van der Waals surface area contributed by atoms with Crippen molar-refractivity contribution in [2.45, 2.75) is 46.5 Å². The molecule has 0 aliphatic rings. The lowest BCUT2D eigenvalue weighted by molar-refractivity contribution is -0.139. The summed E-state index contributed by atoms with van der Waals surface area (Å²) >= 11 is 3.36. The average molecular weight is 483 g/mol. The molecule has 0 unspecified atom stereocenters. The van der Waals surface area contributed by atoms with Crippen LogP contribution in [0.2, 0.25) is 0 Å². The number of carbonyl (C=O) groups excluding carboxylic acids is 1. The summed E-state index contributed by atoms with van der Waals surface area (Å²) < 4.78 is 4.93. The number of aliphatic hydroxyl groups is 2. The molecule has 0 aromatic rings. The number of halogens is 1. The predicted octanol–water partition coefficient (Wildman–Crippen LogP) is 3.33. The Balaban J connectivity index is -0.000000163. The van der Waals surface area contributed by atoms with E-state index in [9.17, 15) is 14.4 Å². The van der Waals surface area contributed by atoms with E-state index in [1.807, 2.05) is 0 Å². The number of carboxylic acid groups (broad SMARTS) is 2. The topological polar surface area (TPSA) is 141 Å². The number of hydrogen-bond acceptors (Lipinski definition) is 6. The van der Waals surface area contributed by atoms with Crippen molar-refractivity contribution in [3.63, 3.8) is 0 Å². The van der Waals surface area contributed by atoms with Gasteiger partial charge in [0.1, 0.15) is 0 Å². The molecule has 0 saturated carbocycles. The van der Waals surface area contributed by atoms with Gasteiger partial charge in [-0.15, -0.1) is 0 Å². The molecule has 0 saturated heterocycles. The van der Waals surface area contributed by atoms with Gasteiger partial charge in [-0.1, -0.05) is 48.5 Å². The fourth-order valence-corrected chi connectivity index (χ4v) is 1.23. The summed E-state index contributed by atoms with van der Waals surface area (Å²) in [6.07, 6.45) is 4.45. The van der Waals surface area contributed by atoms with Gasteiger partial charge in [0.15, 0.2) is 0 Å². The third-order valence-corrected chi connectivity index (χ3v) is 3.00. The van der Waals surface area contributed by atoms with Crippen molar-refractivity contribution in [1.82, 2.24) is 0 Å². The molecule has 0 aliphatic carbocycles. The Labute approximate surface area is 181 Å². The molecule has 0 aromatic carbocycles. The van der Waals surface area contributed by atoms with Crippen LogP contribution in [-0.4, -0.2) is 63.5 Å². The van der Waals surface area contributed by atoms with Crippen LogP contribution < -0.4 is 0 Å². The second-order valence-electron chi connectivity index (χ2n) is 5.64. The summed E-state index contributed by atoms with van der Waals surface area (Å²) in [7, 11) is 0. The number of aliphatic carboxylic acids is 2. The number of rotatable bonds is 10. The third-order valence-electron chi connectivity index (χ3n) is 2.44. The van der Waals surface area contributed by atoms with Gasteiger partial charge < -0.3 is 25.2 Å². The van der Waals surface area contributed by atoms with Crippen LogP contribution in [-0.2, 0) is 19.1 Å². The third kappa shape index (κ3) is 41.5. The second-order valence-corrected chi connectivity index (χ2v) is 6.43. The van der Waals surface area contributed by atoms with Gasteiger partial charge in [-0.3, -0.25) is 0 Å². The monoisotopic (exact) mass is 482 g/mol. The highest BCUT2D eigenvalue weighted by atomic mass is 79.9. The zero-order chi connectivity index (χ0) is 23.8. The molecule has 0 spiro atoms. The minimum atomic E-state index is -0.935. The molecule has 0 heterocycles. The maximum Gasteiger partial charge on any atom is 0.333 e. The fourth-order valence-electron chi connectivity index (χ4n) is 0.838. The standard InChI is InChI=1S/C10H17BrO2.2C4H6O2.C2H6O2/c1-9(2)10(12)13-8-6-4-3-5-7-11;2*1-3(2)4(5)6;3-1-2-4/h1,3-8H2,2H3;2*1H2,2H3,(H,5,6);3-4H,1-2H2. The highest BCUT2D eigenvalue weighted by molar-refractivity contribution is 9.09. The highest BCUT2D eigenvalue weighted by Gasteiger charge is 2.01. The number of carboxylic acids is 2. The normalized spacial score (nSPS) is 8.48. The van der Waals surface area contributed by atoms with Gasteiger partial charge in [0.25, 0.3) is 0 Å². The van der Waals surface area contributed by atoms with Crippen LogP contribution in [0.4, 0.5) is 0 Å². The molecule has 170 valence electrons. The molecule has 0 aromatic heterocycles. The Hall–Kier alpha value is -1.97. The first-order valence-electron chi connectivity index (χ1n) is 8.76. The van der Waals surface area contributed by atoms with Gasteiger partial charge >= 0.3 is 17.9 Å². The fraction of sp³-hybridized carbons (Fsp3) is 0.550. The molecule has 8 nitrogen and oxygen atoms in total. The summed E-state index contributed by atoms with van der Waals surface area (Å²) in [5, 5.41) is 32.1. The first kappa shape index (κ1) is 34.5. The van der Waals surface area contributed by atoms with Gasteiger partial charge in [0.2, 0.25) is 0 Å².